The Kier molecular flexibility index (Phi) is 3.51. The highest BCUT2D eigenvalue weighted by Gasteiger charge is 2.07. The van der Waals surface area contributed by atoms with Crippen molar-refractivity contribution < 1.29 is 4.79 Å². The maximum absolute atomic E-state index is 11.7. The minimum absolute atomic E-state index is 0.212. The molecule has 0 radical (unpaired) electrons. The molecule has 3 aromatic rings. The number of carbonyl (C=O) groups excluding carboxylic acids is 1. The van der Waals surface area contributed by atoms with Crippen LogP contribution in [0.2, 0.25) is 0 Å². The van der Waals surface area contributed by atoms with Gasteiger partial charge >= 0.3 is 0 Å². The fraction of sp³-hybridized carbons (Fsp3) is 0.0769. The van der Waals surface area contributed by atoms with Crippen LogP contribution in [0.4, 0.5) is 0 Å². The number of carbonyl (C=O) groups is 1. The van der Waals surface area contributed by atoms with Gasteiger partial charge in [-0.1, -0.05) is 24.3 Å². The molecule has 2 N–H and O–H groups in total. The van der Waals surface area contributed by atoms with Crippen molar-refractivity contribution >= 4 is 17.6 Å². The van der Waals surface area contributed by atoms with Crippen molar-refractivity contribution in [3.8, 4) is 11.3 Å². The molecule has 100 valence electrons. The van der Waals surface area contributed by atoms with Gasteiger partial charge in [-0.25, -0.2) is 0 Å². The van der Waals surface area contributed by atoms with Crippen LogP contribution in [-0.4, -0.2) is 24.9 Å². The molecular formula is C13H11N5OS. The van der Waals surface area contributed by atoms with Gasteiger partial charge in [-0.2, -0.15) is 13.8 Å². The number of H-pyrrole nitrogens is 1. The summed E-state index contributed by atoms with van der Waals surface area (Å²) in [7, 11) is 0. The molecule has 0 spiro atoms. The Bertz CT molecular complexity index is 676. The fourth-order valence-corrected chi connectivity index (χ4v) is 2.17. The second-order valence-electron chi connectivity index (χ2n) is 4.14. The summed E-state index contributed by atoms with van der Waals surface area (Å²) in [5, 5.41) is 9.62. The van der Waals surface area contributed by atoms with E-state index in [2.05, 4.69) is 24.3 Å². The van der Waals surface area contributed by atoms with E-state index in [0.717, 1.165) is 28.5 Å². The van der Waals surface area contributed by atoms with E-state index >= 15 is 0 Å². The monoisotopic (exact) mass is 285 g/mol. The summed E-state index contributed by atoms with van der Waals surface area (Å²) in [6.07, 6.45) is 3.17. The zero-order chi connectivity index (χ0) is 13.8. The van der Waals surface area contributed by atoms with Crippen LogP contribution in [0.15, 0.2) is 42.7 Å². The average Bonchev–Trinajstić information content (AvgIpc) is 3.18. The van der Waals surface area contributed by atoms with Gasteiger partial charge in [-0.05, 0) is 17.2 Å². The molecule has 3 rings (SSSR count). The highest BCUT2D eigenvalue weighted by Crippen LogP contribution is 2.16. The largest absolute Gasteiger partial charge is 0.347 e. The van der Waals surface area contributed by atoms with Gasteiger partial charge < -0.3 is 5.32 Å². The number of aromatic amines is 1. The van der Waals surface area contributed by atoms with Gasteiger partial charge in [0, 0.05) is 12.7 Å². The van der Waals surface area contributed by atoms with E-state index in [4.69, 9.17) is 0 Å². The van der Waals surface area contributed by atoms with Crippen molar-refractivity contribution in [2.24, 2.45) is 0 Å². The van der Waals surface area contributed by atoms with Crippen molar-refractivity contribution in [2.45, 2.75) is 6.54 Å². The lowest BCUT2D eigenvalue weighted by atomic mass is 10.1. The summed E-state index contributed by atoms with van der Waals surface area (Å²) in [4.78, 5) is 11.7. The standard InChI is InChI=1S/C13H11N5OS/c19-13(12-8-16-20-18-12)14-7-9-1-3-10(4-2-9)11-5-6-15-17-11/h1-6,8H,7H2,(H,14,19)(H,15,17). The van der Waals surface area contributed by atoms with Gasteiger partial charge in [0.2, 0.25) is 0 Å². The Morgan fingerprint density at radius 2 is 2.10 bits per heavy atom. The van der Waals surface area contributed by atoms with Gasteiger partial charge in [-0.3, -0.25) is 9.89 Å². The first-order valence-electron chi connectivity index (χ1n) is 5.97. The fourth-order valence-electron chi connectivity index (χ4n) is 1.76. The first-order chi connectivity index (χ1) is 9.83. The molecule has 0 bridgehead atoms. The van der Waals surface area contributed by atoms with E-state index in [1.165, 1.54) is 6.20 Å². The molecule has 6 nitrogen and oxygen atoms in total. The lowest BCUT2D eigenvalue weighted by molar-refractivity contribution is 0.0947. The minimum atomic E-state index is -0.212. The number of benzene rings is 1. The molecule has 0 atom stereocenters. The molecule has 20 heavy (non-hydrogen) atoms. The van der Waals surface area contributed by atoms with E-state index in [9.17, 15) is 4.79 Å². The van der Waals surface area contributed by atoms with Crippen LogP contribution in [-0.2, 0) is 6.54 Å². The molecule has 0 aliphatic carbocycles. The maximum Gasteiger partial charge on any atom is 0.272 e. The first kappa shape index (κ1) is 12.5. The number of aromatic nitrogens is 4. The van der Waals surface area contributed by atoms with Crippen LogP contribution < -0.4 is 5.32 Å². The van der Waals surface area contributed by atoms with Crippen molar-refractivity contribution in [3.05, 3.63) is 54.0 Å². The van der Waals surface area contributed by atoms with Crippen LogP contribution in [0, 0.1) is 0 Å². The van der Waals surface area contributed by atoms with Crippen molar-refractivity contribution in [1.82, 2.24) is 24.3 Å². The highest BCUT2D eigenvalue weighted by molar-refractivity contribution is 6.99. The molecule has 0 unspecified atom stereocenters. The van der Waals surface area contributed by atoms with E-state index < -0.39 is 0 Å². The van der Waals surface area contributed by atoms with Gasteiger partial charge in [0.1, 0.15) is 0 Å². The number of amides is 1. The van der Waals surface area contributed by atoms with E-state index in [1.54, 1.807) is 6.20 Å². The topological polar surface area (TPSA) is 83.6 Å². The molecule has 1 aromatic carbocycles. The average molecular weight is 285 g/mol. The molecule has 0 saturated heterocycles. The van der Waals surface area contributed by atoms with E-state index in [1.807, 2.05) is 30.3 Å². The molecular weight excluding hydrogens is 274 g/mol. The Morgan fingerprint density at radius 3 is 2.75 bits per heavy atom. The molecule has 2 heterocycles. The lowest BCUT2D eigenvalue weighted by Crippen LogP contribution is -2.22. The Balaban J connectivity index is 1.63. The number of hydrogen-bond acceptors (Lipinski definition) is 5. The smallest absolute Gasteiger partial charge is 0.272 e. The third kappa shape index (κ3) is 2.72. The number of nitrogens with one attached hydrogen (secondary N) is 2. The summed E-state index contributed by atoms with van der Waals surface area (Å²) < 4.78 is 7.68. The summed E-state index contributed by atoms with van der Waals surface area (Å²) in [5.74, 6) is -0.212. The van der Waals surface area contributed by atoms with Crippen LogP contribution >= 0.6 is 11.7 Å². The second kappa shape index (κ2) is 5.62. The maximum atomic E-state index is 11.7. The SMILES string of the molecule is O=C(NCc1ccc(-c2ccn[nH]2)cc1)c1cnsn1. The van der Waals surface area contributed by atoms with Crippen LogP contribution in [0.1, 0.15) is 16.1 Å². The van der Waals surface area contributed by atoms with Gasteiger partial charge in [0.25, 0.3) is 5.91 Å². The molecule has 7 heteroatoms. The zero-order valence-corrected chi connectivity index (χ0v) is 11.2. The summed E-state index contributed by atoms with van der Waals surface area (Å²) >= 11 is 1.02. The third-order valence-electron chi connectivity index (χ3n) is 2.81. The van der Waals surface area contributed by atoms with Crippen LogP contribution in [0.3, 0.4) is 0 Å². The van der Waals surface area contributed by atoms with E-state index in [0.29, 0.717) is 12.2 Å². The Labute approximate surface area is 119 Å². The molecule has 0 fully saturated rings. The van der Waals surface area contributed by atoms with Crippen molar-refractivity contribution in [3.63, 3.8) is 0 Å². The second-order valence-corrected chi connectivity index (χ2v) is 4.70. The van der Waals surface area contributed by atoms with Crippen molar-refractivity contribution in [2.75, 3.05) is 0 Å². The lowest BCUT2D eigenvalue weighted by Gasteiger charge is -2.04. The minimum Gasteiger partial charge on any atom is -0.347 e. The van der Waals surface area contributed by atoms with Crippen LogP contribution in [0.25, 0.3) is 11.3 Å². The first-order valence-corrected chi connectivity index (χ1v) is 6.70. The zero-order valence-electron chi connectivity index (χ0n) is 10.4. The van der Waals surface area contributed by atoms with Crippen molar-refractivity contribution in [1.29, 1.82) is 0 Å². The quantitative estimate of drug-likeness (QED) is 0.766. The van der Waals surface area contributed by atoms with Gasteiger partial charge in [0.05, 0.1) is 23.6 Å². The predicted molar refractivity (Wildman–Crippen MR) is 75.1 cm³/mol. The van der Waals surface area contributed by atoms with Gasteiger partial charge in [0.15, 0.2) is 5.69 Å². The third-order valence-corrected chi connectivity index (χ3v) is 3.29. The summed E-state index contributed by atoms with van der Waals surface area (Å²) in [5.41, 5.74) is 3.39. The predicted octanol–water partition coefficient (Wildman–Crippen LogP) is 1.86. The van der Waals surface area contributed by atoms with Crippen LogP contribution in [0.5, 0.6) is 0 Å². The summed E-state index contributed by atoms with van der Waals surface area (Å²) in [6, 6.07) is 9.82. The van der Waals surface area contributed by atoms with Gasteiger partial charge in [-0.15, -0.1) is 0 Å². The number of hydrogen-bond donors (Lipinski definition) is 2. The Hall–Kier alpha value is -2.54. The molecule has 2 aromatic heterocycles. The van der Waals surface area contributed by atoms with E-state index in [-0.39, 0.29) is 5.91 Å². The highest BCUT2D eigenvalue weighted by atomic mass is 32.1. The molecule has 0 aliphatic rings. The molecule has 0 saturated carbocycles. The normalized spacial score (nSPS) is 10.4. The number of nitrogens with zero attached hydrogens (tertiary/aromatic N) is 3. The molecule has 0 aliphatic heterocycles. The molecule has 1 amide bonds. The summed E-state index contributed by atoms with van der Waals surface area (Å²) in [6.45, 7) is 0.458. The Morgan fingerprint density at radius 1 is 1.25 bits per heavy atom. The number of rotatable bonds is 4.